The maximum Gasteiger partial charge on any atom is 0.169 e. The van der Waals surface area contributed by atoms with Crippen molar-refractivity contribution < 1.29 is 9.47 Å². The third-order valence-corrected chi connectivity index (χ3v) is 5.31. The Morgan fingerprint density at radius 2 is 1.62 bits per heavy atom. The first-order chi connectivity index (χ1) is 12.8. The number of hydrogen-bond donors (Lipinski definition) is 0. The highest BCUT2D eigenvalue weighted by Gasteiger charge is 2.13. The van der Waals surface area contributed by atoms with Crippen LogP contribution in [-0.2, 0) is 6.61 Å². The van der Waals surface area contributed by atoms with E-state index < -0.39 is 0 Å². The lowest BCUT2D eigenvalue weighted by Gasteiger charge is -2.16. The van der Waals surface area contributed by atoms with Gasteiger partial charge in [0.1, 0.15) is 6.61 Å². The van der Waals surface area contributed by atoms with Gasteiger partial charge in [-0.2, -0.15) is 0 Å². The second kappa shape index (κ2) is 9.17. The highest BCUT2D eigenvalue weighted by Crippen LogP contribution is 2.30. The van der Waals surface area contributed by atoms with Crippen molar-refractivity contribution in [3.63, 3.8) is 0 Å². The average Bonchev–Trinajstić information content (AvgIpc) is 2.69. The molecule has 0 fully saturated rings. The van der Waals surface area contributed by atoms with Crippen LogP contribution in [0.3, 0.4) is 0 Å². The topological polar surface area (TPSA) is 30.8 Å². The number of benzene rings is 3. The minimum absolute atomic E-state index is 0.455. The van der Waals surface area contributed by atoms with E-state index in [2.05, 4.69) is 41.4 Å². The third-order valence-electron chi connectivity index (χ3n) is 3.92. The highest BCUT2D eigenvalue weighted by atomic mass is 31.1. The van der Waals surface area contributed by atoms with Crippen LogP contribution in [0.1, 0.15) is 11.1 Å². The van der Waals surface area contributed by atoms with E-state index in [-0.39, 0.29) is 0 Å². The number of nitrogens with zero attached hydrogens (tertiary/aromatic N) is 1. The van der Waals surface area contributed by atoms with Crippen molar-refractivity contribution >= 4 is 25.4 Å². The van der Waals surface area contributed by atoms with Gasteiger partial charge in [-0.05, 0) is 22.5 Å². The normalized spacial score (nSPS) is 11.3. The van der Waals surface area contributed by atoms with Gasteiger partial charge in [0.15, 0.2) is 11.5 Å². The summed E-state index contributed by atoms with van der Waals surface area (Å²) in [4.78, 5) is 4.16. The van der Waals surface area contributed by atoms with Crippen LogP contribution in [0.25, 0.3) is 0 Å². The number of methoxy groups -OCH3 is 1. The summed E-state index contributed by atoms with van der Waals surface area (Å²) in [5.41, 5.74) is 2.26. The summed E-state index contributed by atoms with van der Waals surface area (Å²) in [6.45, 7) is 0.511. The molecule has 0 N–H and O–H groups in total. The molecule has 0 spiro atoms. The van der Waals surface area contributed by atoms with Crippen molar-refractivity contribution in [2.24, 2.45) is 4.99 Å². The van der Waals surface area contributed by atoms with Gasteiger partial charge in [-0.3, -0.25) is 4.99 Å². The number of aliphatic imine (C=N–C) groups is 1. The van der Waals surface area contributed by atoms with Crippen LogP contribution >= 0.6 is 8.58 Å². The standard InChI is InChI=1S/C22H22NO2P/c1-23-15-18-11-6-7-13-20(18)26-21-14-8-12-19(24-2)22(21)25-16-17-9-4-3-5-10-17/h3-15,26H,16H2,1-2H3. The molecule has 0 heterocycles. The van der Waals surface area contributed by atoms with Gasteiger partial charge in [-0.15, -0.1) is 0 Å². The summed E-state index contributed by atoms with van der Waals surface area (Å²) in [6.07, 6.45) is 1.90. The minimum atomic E-state index is 0.455. The molecule has 3 nitrogen and oxygen atoms in total. The molecule has 0 aromatic heterocycles. The molecule has 0 radical (unpaired) electrons. The van der Waals surface area contributed by atoms with Crippen LogP contribution in [0.4, 0.5) is 0 Å². The Morgan fingerprint density at radius 1 is 0.885 bits per heavy atom. The predicted molar refractivity (Wildman–Crippen MR) is 111 cm³/mol. The Morgan fingerprint density at radius 3 is 2.38 bits per heavy atom. The van der Waals surface area contributed by atoms with E-state index in [1.54, 1.807) is 14.2 Å². The summed E-state index contributed by atoms with van der Waals surface area (Å²) in [5.74, 6) is 1.56. The van der Waals surface area contributed by atoms with Crippen LogP contribution in [0.5, 0.6) is 11.5 Å². The molecule has 26 heavy (non-hydrogen) atoms. The maximum atomic E-state index is 6.17. The zero-order valence-corrected chi connectivity index (χ0v) is 16.0. The highest BCUT2D eigenvalue weighted by molar-refractivity contribution is 7.56. The molecule has 0 aliphatic heterocycles. The van der Waals surface area contributed by atoms with E-state index in [9.17, 15) is 0 Å². The number of hydrogen-bond acceptors (Lipinski definition) is 3. The summed E-state index contributed by atoms with van der Waals surface area (Å²) < 4.78 is 11.7. The lowest BCUT2D eigenvalue weighted by Crippen LogP contribution is -2.12. The number of rotatable bonds is 7. The second-order valence-electron chi connectivity index (χ2n) is 5.71. The van der Waals surface area contributed by atoms with Crippen molar-refractivity contribution in [3.8, 4) is 11.5 Å². The number of para-hydroxylation sites is 1. The zero-order chi connectivity index (χ0) is 18.2. The van der Waals surface area contributed by atoms with Gasteiger partial charge in [0.2, 0.25) is 0 Å². The van der Waals surface area contributed by atoms with Crippen LogP contribution in [0.2, 0.25) is 0 Å². The summed E-state index contributed by atoms with van der Waals surface area (Å²) in [7, 11) is 3.92. The van der Waals surface area contributed by atoms with Gasteiger partial charge in [0, 0.05) is 18.6 Å². The van der Waals surface area contributed by atoms with Crippen LogP contribution in [0, 0.1) is 0 Å². The zero-order valence-electron chi connectivity index (χ0n) is 15.0. The minimum Gasteiger partial charge on any atom is -0.493 e. The van der Waals surface area contributed by atoms with Crippen LogP contribution in [0.15, 0.2) is 77.8 Å². The van der Waals surface area contributed by atoms with Crippen molar-refractivity contribution in [1.29, 1.82) is 0 Å². The Kier molecular flexibility index (Phi) is 6.40. The fraction of sp³-hybridized carbons (Fsp3) is 0.136. The Hall–Kier alpha value is -2.64. The second-order valence-corrected chi connectivity index (χ2v) is 7.04. The fourth-order valence-corrected chi connectivity index (χ4v) is 3.91. The lowest BCUT2D eigenvalue weighted by atomic mass is 10.2. The van der Waals surface area contributed by atoms with E-state index in [1.807, 2.05) is 42.6 Å². The average molecular weight is 363 g/mol. The summed E-state index contributed by atoms with van der Waals surface area (Å²) in [5, 5.41) is 2.35. The molecule has 3 aromatic rings. The molecule has 3 rings (SSSR count). The van der Waals surface area contributed by atoms with Crippen LogP contribution < -0.4 is 20.1 Å². The van der Waals surface area contributed by atoms with Gasteiger partial charge < -0.3 is 9.47 Å². The quantitative estimate of drug-likeness (QED) is 0.470. The van der Waals surface area contributed by atoms with E-state index in [4.69, 9.17) is 9.47 Å². The first-order valence-corrected chi connectivity index (χ1v) is 9.43. The molecule has 3 aromatic carbocycles. The van der Waals surface area contributed by atoms with Gasteiger partial charge >= 0.3 is 0 Å². The maximum absolute atomic E-state index is 6.17. The van der Waals surface area contributed by atoms with E-state index >= 15 is 0 Å². The van der Waals surface area contributed by atoms with Crippen molar-refractivity contribution in [1.82, 2.24) is 0 Å². The molecule has 0 aliphatic rings. The van der Waals surface area contributed by atoms with Gasteiger partial charge in [0.05, 0.1) is 7.11 Å². The largest absolute Gasteiger partial charge is 0.493 e. The lowest BCUT2D eigenvalue weighted by molar-refractivity contribution is 0.287. The summed E-state index contributed by atoms with van der Waals surface area (Å²) in [6, 6.07) is 24.5. The smallest absolute Gasteiger partial charge is 0.169 e. The molecule has 4 heteroatoms. The molecule has 0 amide bonds. The Balaban J connectivity index is 1.90. The van der Waals surface area contributed by atoms with Gasteiger partial charge in [-0.1, -0.05) is 75.3 Å². The Bertz CT molecular complexity index is 878. The molecular weight excluding hydrogens is 341 g/mol. The Labute approximate surface area is 156 Å². The van der Waals surface area contributed by atoms with Gasteiger partial charge in [-0.25, -0.2) is 0 Å². The monoisotopic (exact) mass is 363 g/mol. The first-order valence-electron chi connectivity index (χ1n) is 8.43. The molecule has 0 aliphatic carbocycles. The molecular formula is C22H22NO2P. The van der Waals surface area contributed by atoms with Crippen molar-refractivity contribution in [2.45, 2.75) is 6.61 Å². The van der Waals surface area contributed by atoms with Crippen molar-refractivity contribution in [3.05, 3.63) is 83.9 Å². The fourth-order valence-electron chi connectivity index (χ4n) is 2.66. The molecule has 132 valence electrons. The van der Waals surface area contributed by atoms with Crippen molar-refractivity contribution in [2.75, 3.05) is 14.2 Å². The third kappa shape index (κ3) is 4.50. The van der Waals surface area contributed by atoms with E-state index in [0.717, 1.165) is 27.9 Å². The predicted octanol–water partition coefficient (Wildman–Crippen LogP) is 3.95. The van der Waals surface area contributed by atoms with Crippen LogP contribution in [-0.4, -0.2) is 20.4 Å². The SMILES string of the molecule is CN=Cc1ccccc1Pc1cccc(OC)c1OCc1ccccc1. The molecule has 1 atom stereocenters. The van der Waals surface area contributed by atoms with E-state index in [0.29, 0.717) is 15.2 Å². The molecule has 1 unspecified atom stereocenters. The molecule has 0 saturated heterocycles. The summed E-state index contributed by atoms with van der Waals surface area (Å²) >= 11 is 0. The molecule has 0 saturated carbocycles. The first kappa shape index (κ1) is 18.2. The molecule has 0 bridgehead atoms. The van der Waals surface area contributed by atoms with Gasteiger partial charge in [0.25, 0.3) is 0 Å². The number of ether oxygens (including phenoxy) is 2. The van der Waals surface area contributed by atoms with E-state index in [1.165, 1.54) is 5.30 Å².